The second-order valence-corrected chi connectivity index (χ2v) is 13.5. The van der Waals surface area contributed by atoms with Crippen LogP contribution in [0.2, 0.25) is 0 Å². The van der Waals surface area contributed by atoms with E-state index in [1.165, 1.54) is 11.8 Å². The number of aromatic nitrogens is 5. The van der Waals surface area contributed by atoms with Gasteiger partial charge in [-0.1, -0.05) is 19.9 Å². The fourth-order valence-corrected chi connectivity index (χ4v) is 6.51. The molecule has 1 aromatic carbocycles. The molecule has 2 atom stereocenters. The van der Waals surface area contributed by atoms with Gasteiger partial charge in [0.2, 0.25) is 0 Å². The highest BCUT2D eigenvalue weighted by Crippen LogP contribution is 2.44. The Hall–Kier alpha value is -3.64. The zero-order valence-electron chi connectivity index (χ0n) is 22.7. The van der Waals surface area contributed by atoms with Gasteiger partial charge in [-0.2, -0.15) is 5.10 Å². The molecule has 1 saturated carbocycles. The van der Waals surface area contributed by atoms with Crippen LogP contribution in [0.25, 0.3) is 22.2 Å². The molecular formula is C28H33FN8O2S. The summed E-state index contributed by atoms with van der Waals surface area (Å²) in [5.74, 6) is 1.95. The first-order valence-corrected chi connectivity index (χ1v) is 15.5. The number of hydrogen-bond donors (Lipinski definition) is 2. The monoisotopic (exact) mass is 564 g/mol. The number of pyridine rings is 1. The maximum Gasteiger partial charge on any atom is 0.164 e. The molecule has 6 rings (SSSR count). The molecular weight excluding hydrogens is 531 g/mol. The molecule has 3 aromatic heterocycles. The highest BCUT2D eigenvalue weighted by molar-refractivity contribution is 7.90. The van der Waals surface area contributed by atoms with E-state index in [0.717, 1.165) is 34.9 Å². The van der Waals surface area contributed by atoms with Crippen LogP contribution in [0.1, 0.15) is 38.2 Å². The van der Waals surface area contributed by atoms with Gasteiger partial charge < -0.3 is 16.0 Å². The van der Waals surface area contributed by atoms with Crippen molar-refractivity contribution in [3.05, 3.63) is 54.6 Å². The third kappa shape index (κ3) is 4.90. The molecule has 1 aliphatic heterocycles. The van der Waals surface area contributed by atoms with Crippen molar-refractivity contribution in [1.29, 1.82) is 0 Å². The van der Waals surface area contributed by atoms with Gasteiger partial charge in [0.15, 0.2) is 5.82 Å². The topological polar surface area (TPSA) is 132 Å². The molecule has 1 saturated heterocycles. The minimum absolute atomic E-state index is 0.0808. The molecule has 3 N–H and O–H groups in total. The van der Waals surface area contributed by atoms with Crippen molar-refractivity contribution in [2.24, 2.45) is 11.7 Å². The van der Waals surface area contributed by atoms with Crippen LogP contribution in [0.3, 0.4) is 0 Å². The van der Waals surface area contributed by atoms with E-state index in [-0.39, 0.29) is 23.8 Å². The number of sulfone groups is 1. The number of alkyl halides is 1. The first-order valence-electron chi connectivity index (χ1n) is 13.4. The Balaban J connectivity index is 1.28. The van der Waals surface area contributed by atoms with E-state index in [9.17, 15) is 12.8 Å². The normalized spacial score (nSPS) is 20.1. The minimum atomic E-state index is -3.10. The van der Waals surface area contributed by atoms with E-state index in [2.05, 4.69) is 51.3 Å². The van der Waals surface area contributed by atoms with Crippen molar-refractivity contribution in [3.8, 4) is 11.4 Å². The zero-order valence-corrected chi connectivity index (χ0v) is 23.6. The summed E-state index contributed by atoms with van der Waals surface area (Å²) >= 11 is 0. The standard InChI is InChI=1S/C28H33FN8O2S/c1-17(2)20-4-5-23(36-13-19(26(36)30)15-40(3,38)39)22-12-32-25(10-21(20)22)34-24-6-9-31-27(35-24)18-11-33-37(14-18)28(16-29)7-8-28/h4-6,9-12,14,17,19,26H,7-8,13,15-16,30H2,1-3H3,(H,31,32,34,35)/t19-,26+/m1/s1. The Morgan fingerprint density at radius 1 is 1.15 bits per heavy atom. The van der Waals surface area contributed by atoms with Gasteiger partial charge in [-0.25, -0.2) is 27.8 Å². The fraction of sp³-hybridized carbons (Fsp3) is 0.429. The van der Waals surface area contributed by atoms with Crippen LogP contribution in [-0.2, 0) is 15.4 Å². The molecule has 0 radical (unpaired) electrons. The SMILES string of the molecule is CC(C)c1ccc(N2C[C@H](CS(C)(=O)=O)[C@H]2N)c2cnc(Nc3ccnc(-c4cnn(C5(CF)CC5)c4)n3)cc12. The Bertz CT molecular complexity index is 1680. The third-order valence-corrected chi connectivity index (χ3v) is 8.98. The molecule has 4 heterocycles. The molecule has 2 aliphatic rings. The van der Waals surface area contributed by atoms with Crippen LogP contribution in [-0.4, -0.2) is 64.5 Å². The van der Waals surface area contributed by atoms with E-state index in [0.29, 0.717) is 24.0 Å². The van der Waals surface area contributed by atoms with E-state index in [4.69, 9.17) is 5.73 Å². The van der Waals surface area contributed by atoms with E-state index in [1.807, 2.05) is 17.2 Å². The summed E-state index contributed by atoms with van der Waals surface area (Å²) < 4.78 is 38.7. The highest BCUT2D eigenvalue weighted by Gasteiger charge is 2.46. The van der Waals surface area contributed by atoms with Gasteiger partial charge in [-0.3, -0.25) is 4.68 Å². The predicted octanol–water partition coefficient (Wildman–Crippen LogP) is 3.98. The molecule has 0 unspecified atom stereocenters. The summed E-state index contributed by atoms with van der Waals surface area (Å²) in [7, 11) is -3.10. The zero-order chi connectivity index (χ0) is 28.2. The number of halogens is 1. The first kappa shape index (κ1) is 26.6. The molecule has 210 valence electrons. The van der Waals surface area contributed by atoms with Crippen molar-refractivity contribution < 1.29 is 12.8 Å². The lowest BCUT2D eigenvalue weighted by Gasteiger charge is -2.47. The lowest BCUT2D eigenvalue weighted by atomic mass is 9.92. The largest absolute Gasteiger partial charge is 0.355 e. The Labute approximate surface area is 232 Å². The average Bonchev–Trinajstić information content (AvgIpc) is 3.56. The van der Waals surface area contributed by atoms with Gasteiger partial charge in [0.25, 0.3) is 0 Å². The van der Waals surface area contributed by atoms with Gasteiger partial charge in [-0.15, -0.1) is 0 Å². The van der Waals surface area contributed by atoms with Crippen LogP contribution < -0.4 is 16.0 Å². The molecule has 0 spiro atoms. The first-order chi connectivity index (χ1) is 19.1. The number of benzene rings is 1. The summed E-state index contributed by atoms with van der Waals surface area (Å²) in [6.45, 7) is 4.43. The number of anilines is 3. The molecule has 0 amide bonds. The van der Waals surface area contributed by atoms with Gasteiger partial charge in [0.1, 0.15) is 28.1 Å². The summed E-state index contributed by atoms with van der Waals surface area (Å²) in [5, 5.41) is 9.65. The predicted molar refractivity (Wildman–Crippen MR) is 154 cm³/mol. The Kier molecular flexibility index (Phi) is 6.49. The maximum atomic E-state index is 13.5. The fourth-order valence-electron chi connectivity index (χ4n) is 5.43. The summed E-state index contributed by atoms with van der Waals surface area (Å²) in [5.41, 5.74) is 8.74. The Morgan fingerprint density at radius 3 is 2.62 bits per heavy atom. The van der Waals surface area contributed by atoms with Crippen LogP contribution in [0.15, 0.2) is 49.1 Å². The quantitative estimate of drug-likeness (QED) is 0.310. The molecule has 2 fully saturated rings. The Morgan fingerprint density at radius 2 is 1.95 bits per heavy atom. The van der Waals surface area contributed by atoms with E-state index >= 15 is 0 Å². The molecule has 4 aromatic rings. The molecule has 40 heavy (non-hydrogen) atoms. The number of fused-ring (bicyclic) bond motifs is 1. The third-order valence-electron chi connectivity index (χ3n) is 7.95. The maximum absolute atomic E-state index is 13.5. The number of nitrogens with zero attached hydrogens (tertiary/aromatic N) is 6. The van der Waals surface area contributed by atoms with Crippen LogP contribution in [0.4, 0.5) is 21.7 Å². The smallest absolute Gasteiger partial charge is 0.164 e. The lowest BCUT2D eigenvalue weighted by molar-refractivity contribution is 0.314. The van der Waals surface area contributed by atoms with Crippen molar-refractivity contribution in [1.82, 2.24) is 24.7 Å². The van der Waals surface area contributed by atoms with Gasteiger partial charge in [-0.05, 0) is 47.9 Å². The molecule has 0 bridgehead atoms. The van der Waals surface area contributed by atoms with Gasteiger partial charge in [0, 0.05) is 48.4 Å². The molecule has 12 heteroatoms. The summed E-state index contributed by atoms with van der Waals surface area (Å²) in [4.78, 5) is 15.8. The van der Waals surface area contributed by atoms with Crippen LogP contribution in [0, 0.1) is 5.92 Å². The summed E-state index contributed by atoms with van der Waals surface area (Å²) in [6, 6.07) is 7.93. The lowest BCUT2D eigenvalue weighted by Crippen LogP contribution is -2.63. The highest BCUT2D eigenvalue weighted by atomic mass is 32.2. The van der Waals surface area contributed by atoms with E-state index < -0.39 is 22.1 Å². The van der Waals surface area contributed by atoms with Crippen molar-refractivity contribution >= 4 is 37.9 Å². The van der Waals surface area contributed by atoms with Crippen molar-refractivity contribution in [2.45, 2.75) is 44.3 Å². The van der Waals surface area contributed by atoms with Gasteiger partial charge >= 0.3 is 0 Å². The second-order valence-electron chi connectivity index (χ2n) is 11.4. The number of rotatable bonds is 9. The number of hydrogen-bond acceptors (Lipinski definition) is 9. The minimum Gasteiger partial charge on any atom is -0.355 e. The number of nitrogens with one attached hydrogen (secondary N) is 1. The van der Waals surface area contributed by atoms with E-state index in [1.54, 1.807) is 29.3 Å². The average molecular weight is 565 g/mol. The second kappa shape index (κ2) is 9.77. The molecule has 1 aliphatic carbocycles. The molecule has 10 nitrogen and oxygen atoms in total. The van der Waals surface area contributed by atoms with Crippen LogP contribution >= 0.6 is 0 Å². The summed E-state index contributed by atoms with van der Waals surface area (Å²) in [6.07, 6.45) is 9.41. The van der Waals surface area contributed by atoms with Crippen molar-refractivity contribution in [3.63, 3.8) is 0 Å². The van der Waals surface area contributed by atoms with Crippen LogP contribution in [0.5, 0.6) is 0 Å². The number of nitrogens with two attached hydrogens (primary N) is 1. The van der Waals surface area contributed by atoms with Gasteiger partial charge in [0.05, 0.1) is 29.2 Å². The van der Waals surface area contributed by atoms with Crippen molar-refractivity contribution in [2.75, 3.05) is 35.4 Å².